The van der Waals surface area contributed by atoms with Gasteiger partial charge in [-0.05, 0) is 24.3 Å². The molecule has 0 radical (unpaired) electrons. The first kappa shape index (κ1) is 12.6. The third-order valence-corrected chi connectivity index (χ3v) is 5.76. The predicted octanol–water partition coefficient (Wildman–Crippen LogP) is 4.09. The molecule has 1 aliphatic rings. The largest absolute Gasteiger partial charge is 0.306 e. The zero-order valence-corrected chi connectivity index (χ0v) is 13.0. The van der Waals surface area contributed by atoms with Crippen LogP contribution in [-0.2, 0) is 5.75 Å². The second-order valence-corrected chi connectivity index (χ2v) is 7.28. The maximum atomic E-state index is 4.69. The van der Waals surface area contributed by atoms with E-state index in [1.165, 1.54) is 18.4 Å². The molecule has 0 aromatic carbocycles. The van der Waals surface area contributed by atoms with Gasteiger partial charge >= 0.3 is 0 Å². The monoisotopic (exact) mass is 320 g/mol. The van der Waals surface area contributed by atoms with E-state index >= 15 is 0 Å². The van der Waals surface area contributed by atoms with Crippen molar-refractivity contribution < 1.29 is 0 Å². The van der Waals surface area contributed by atoms with Gasteiger partial charge in [0.05, 0.1) is 5.69 Å². The molecule has 0 bridgehead atoms. The third-order valence-electron chi connectivity index (χ3n) is 3.15. The van der Waals surface area contributed by atoms with Crippen molar-refractivity contribution in [2.45, 2.75) is 29.8 Å². The van der Waals surface area contributed by atoms with Crippen LogP contribution in [0, 0.1) is 0 Å². The third kappa shape index (κ3) is 2.53. The number of hydrogen-bond acceptors (Lipinski definition) is 6. The van der Waals surface area contributed by atoms with Gasteiger partial charge in [-0.3, -0.25) is 0 Å². The van der Waals surface area contributed by atoms with E-state index in [1.54, 1.807) is 34.4 Å². The van der Waals surface area contributed by atoms with Gasteiger partial charge in [0.2, 0.25) is 0 Å². The quantitative estimate of drug-likeness (QED) is 0.664. The molecular weight excluding hydrogens is 308 g/mol. The summed E-state index contributed by atoms with van der Waals surface area (Å²) in [5.74, 6) is 0.853. The minimum absolute atomic E-state index is 0.629. The smallest absolute Gasteiger partial charge is 0.191 e. The van der Waals surface area contributed by atoms with Crippen molar-refractivity contribution in [2.75, 3.05) is 0 Å². The fourth-order valence-electron chi connectivity index (χ4n) is 1.97. The Balaban J connectivity index is 1.45. The van der Waals surface area contributed by atoms with Gasteiger partial charge in [-0.1, -0.05) is 11.8 Å². The molecule has 4 rings (SSSR count). The fourth-order valence-corrected chi connectivity index (χ4v) is 4.48. The summed E-state index contributed by atoms with van der Waals surface area (Å²) in [5, 5.41) is 16.7. The minimum atomic E-state index is 0.629. The molecule has 7 heteroatoms. The van der Waals surface area contributed by atoms with Crippen LogP contribution in [0.4, 0.5) is 0 Å². The maximum Gasteiger partial charge on any atom is 0.191 e. The van der Waals surface area contributed by atoms with E-state index in [1.807, 2.05) is 6.33 Å². The first-order valence-electron chi connectivity index (χ1n) is 6.39. The number of thioether (sulfide) groups is 1. The zero-order valence-electron chi connectivity index (χ0n) is 10.6. The number of nitrogens with zero attached hydrogens (tertiary/aromatic N) is 4. The highest BCUT2D eigenvalue weighted by Gasteiger charge is 2.26. The van der Waals surface area contributed by atoms with Crippen LogP contribution in [0.25, 0.3) is 10.6 Å². The molecule has 4 nitrogen and oxygen atoms in total. The normalized spacial score (nSPS) is 14.8. The van der Waals surface area contributed by atoms with E-state index in [2.05, 4.69) is 42.0 Å². The van der Waals surface area contributed by atoms with E-state index in [0.717, 1.165) is 21.6 Å². The summed E-state index contributed by atoms with van der Waals surface area (Å²) in [5.41, 5.74) is 2.34. The molecule has 3 heterocycles. The molecular formula is C13H12N4S3. The van der Waals surface area contributed by atoms with E-state index in [4.69, 9.17) is 0 Å². The first-order chi connectivity index (χ1) is 9.90. The maximum absolute atomic E-state index is 4.69. The van der Waals surface area contributed by atoms with Crippen molar-refractivity contribution in [1.82, 2.24) is 19.7 Å². The summed E-state index contributed by atoms with van der Waals surface area (Å²) in [6.45, 7) is 0. The molecule has 0 N–H and O–H groups in total. The topological polar surface area (TPSA) is 43.6 Å². The molecule has 0 unspecified atom stereocenters. The Morgan fingerprint density at radius 1 is 1.35 bits per heavy atom. The standard InChI is InChI=1S/C13H12N4S3/c1-2-11(1)17-8-14-16-13(17)20-7-10-6-19-12(15-10)9-3-4-18-5-9/h3-6,8,11H,1-2,7H2. The molecule has 102 valence electrons. The molecule has 0 spiro atoms. The lowest BCUT2D eigenvalue weighted by Gasteiger charge is -2.02. The van der Waals surface area contributed by atoms with Gasteiger partial charge in [-0.25, -0.2) is 4.98 Å². The van der Waals surface area contributed by atoms with Gasteiger partial charge in [-0.2, -0.15) is 11.3 Å². The molecule has 1 aliphatic carbocycles. The van der Waals surface area contributed by atoms with E-state index in [9.17, 15) is 0 Å². The molecule has 1 fully saturated rings. The average Bonchev–Trinajstić information content (AvgIpc) is 2.93. The minimum Gasteiger partial charge on any atom is -0.306 e. The molecule has 3 aromatic heterocycles. The van der Waals surface area contributed by atoms with Gasteiger partial charge in [-0.15, -0.1) is 21.5 Å². The highest BCUT2D eigenvalue weighted by molar-refractivity contribution is 7.98. The zero-order chi connectivity index (χ0) is 13.4. The van der Waals surface area contributed by atoms with Gasteiger partial charge in [0, 0.05) is 28.1 Å². The molecule has 0 amide bonds. The van der Waals surface area contributed by atoms with Crippen LogP contribution in [-0.4, -0.2) is 19.7 Å². The Morgan fingerprint density at radius 3 is 3.10 bits per heavy atom. The molecule has 0 aliphatic heterocycles. The van der Waals surface area contributed by atoms with Crippen LogP contribution < -0.4 is 0 Å². The lowest BCUT2D eigenvalue weighted by molar-refractivity contribution is 0.663. The summed E-state index contributed by atoms with van der Waals surface area (Å²) in [6, 6.07) is 2.74. The first-order valence-corrected chi connectivity index (χ1v) is 9.20. The Bertz CT molecular complexity index is 697. The SMILES string of the molecule is c1cc(-c2nc(CSc3nncn3C3CC3)cs2)cs1. The molecule has 0 saturated heterocycles. The van der Waals surface area contributed by atoms with E-state index in [0.29, 0.717) is 6.04 Å². The molecule has 20 heavy (non-hydrogen) atoms. The van der Waals surface area contributed by atoms with Crippen molar-refractivity contribution >= 4 is 34.4 Å². The van der Waals surface area contributed by atoms with Gasteiger partial charge in [0.25, 0.3) is 0 Å². The predicted molar refractivity (Wildman–Crippen MR) is 83.3 cm³/mol. The lowest BCUT2D eigenvalue weighted by atomic mass is 10.4. The van der Waals surface area contributed by atoms with Crippen LogP contribution in [0.2, 0.25) is 0 Å². The van der Waals surface area contributed by atoms with Crippen molar-refractivity contribution in [3.05, 3.63) is 34.2 Å². The summed E-state index contributed by atoms with van der Waals surface area (Å²) in [4.78, 5) is 4.69. The van der Waals surface area contributed by atoms with Crippen LogP contribution >= 0.6 is 34.4 Å². The van der Waals surface area contributed by atoms with Crippen LogP contribution in [0.15, 0.2) is 33.7 Å². The summed E-state index contributed by atoms with van der Waals surface area (Å²) < 4.78 is 2.19. The summed E-state index contributed by atoms with van der Waals surface area (Å²) in [7, 11) is 0. The second kappa shape index (κ2) is 5.31. The molecule has 0 atom stereocenters. The highest BCUT2D eigenvalue weighted by atomic mass is 32.2. The number of thiophene rings is 1. The summed E-state index contributed by atoms with van der Waals surface area (Å²) >= 11 is 5.14. The Kier molecular flexibility index (Phi) is 3.33. The number of thiazole rings is 1. The average molecular weight is 320 g/mol. The van der Waals surface area contributed by atoms with E-state index in [-0.39, 0.29) is 0 Å². The van der Waals surface area contributed by atoms with E-state index < -0.39 is 0 Å². The lowest BCUT2D eigenvalue weighted by Crippen LogP contribution is -1.94. The number of rotatable bonds is 5. The van der Waals surface area contributed by atoms with Gasteiger partial charge in [0.1, 0.15) is 11.3 Å². The van der Waals surface area contributed by atoms with Crippen molar-refractivity contribution in [3.8, 4) is 10.6 Å². The Labute approximate surface area is 128 Å². The Hall–Kier alpha value is -1.18. The highest BCUT2D eigenvalue weighted by Crippen LogP contribution is 2.38. The number of hydrogen-bond donors (Lipinski definition) is 0. The Morgan fingerprint density at radius 2 is 2.30 bits per heavy atom. The molecule has 1 saturated carbocycles. The second-order valence-electron chi connectivity index (χ2n) is 4.70. The van der Waals surface area contributed by atoms with Crippen molar-refractivity contribution in [1.29, 1.82) is 0 Å². The number of aromatic nitrogens is 4. The summed E-state index contributed by atoms with van der Waals surface area (Å²) in [6.07, 6.45) is 4.35. The van der Waals surface area contributed by atoms with Crippen LogP contribution in [0.3, 0.4) is 0 Å². The molecule has 3 aromatic rings. The van der Waals surface area contributed by atoms with Crippen molar-refractivity contribution in [3.63, 3.8) is 0 Å². The van der Waals surface area contributed by atoms with Crippen LogP contribution in [0.5, 0.6) is 0 Å². The fraction of sp³-hybridized carbons (Fsp3) is 0.308. The van der Waals surface area contributed by atoms with Crippen LogP contribution in [0.1, 0.15) is 24.6 Å². The van der Waals surface area contributed by atoms with Crippen molar-refractivity contribution in [2.24, 2.45) is 0 Å². The van der Waals surface area contributed by atoms with Gasteiger partial charge in [0.15, 0.2) is 5.16 Å². The van der Waals surface area contributed by atoms with Gasteiger partial charge < -0.3 is 4.57 Å².